The second-order valence-corrected chi connectivity index (χ2v) is 5.74. The van der Waals surface area contributed by atoms with Gasteiger partial charge in [-0.15, -0.1) is 0 Å². The van der Waals surface area contributed by atoms with E-state index in [4.69, 9.17) is 0 Å². The van der Waals surface area contributed by atoms with Crippen molar-refractivity contribution >= 4 is 17.1 Å². The zero-order chi connectivity index (χ0) is 15.7. The standard InChI is InChI=1S/C14H21N5O3/c1-2-3-4-5-9(20)8-6-10(21)19-13(22)11-12(16-7-15-11)18-14(19)17-8/h7-10,20-21H,2-6H2,1H3,(H,15,16)(H,17,18)/t8-,9+,10+/m0/s1. The Morgan fingerprint density at radius 2 is 2.32 bits per heavy atom. The zero-order valence-electron chi connectivity index (χ0n) is 12.5. The molecule has 1 aliphatic heterocycles. The fourth-order valence-electron chi connectivity index (χ4n) is 2.89. The van der Waals surface area contributed by atoms with Gasteiger partial charge in [0.25, 0.3) is 5.56 Å². The third-order valence-corrected chi connectivity index (χ3v) is 4.14. The van der Waals surface area contributed by atoms with E-state index in [0.717, 1.165) is 19.3 Å². The highest BCUT2D eigenvalue weighted by Crippen LogP contribution is 2.26. The number of anilines is 1. The first-order valence-electron chi connectivity index (χ1n) is 7.70. The number of fused-ring (bicyclic) bond motifs is 2. The number of aromatic amines is 1. The van der Waals surface area contributed by atoms with Crippen LogP contribution in [-0.2, 0) is 0 Å². The molecule has 0 radical (unpaired) electrons. The van der Waals surface area contributed by atoms with Gasteiger partial charge in [0.15, 0.2) is 11.2 Å². The minimum atomic E-state index is -1.00. The second-order valence-electron chi connectivity index (χ2n) is 5.74. The third-order valence-electron chi connectivity index (χ3n) is 4.14. The van der Waals surface area contributed by atoms with Crippen LogP contribution >= 0.6 is 0 Å². The summed E-state index contributed by atoms with van der Waals surface area (Å²) in [6, 6.07) is -0.324. The first-order valence-corrected chi connectivity index (χ1v) is 7.70. The van der Waals surface area contributed by atoms with E-state index in [1.807, 2.05) is 0 Å². The molecule has 0 aliphatic carbocycles. The SMILES string of the molecule is CCCCC[C@@H](O)[C@@H]1C[C@@H](O)n2c(nc3nc[nH]c3c2=O)N1. The number of nitrogens with zero attached hydrogens (tertiary/aromatic N) is 3. The number of aromatic nitrogens is 4. The lowest BCUT2D eigenvalue weighted by atomic mass is 9.99. The van der Waals surface area contributed by atoms with Gasteiger partial charge < -0.3 is 20.5 Å². The van der Waals surface area contributed by atoms with Crippen molar-refractivity contribution in [2.24, 2.45) is 0 Å². The third kappa shape index (κ3) is 2.59. The summed E-state index contributed by atoms with van der Waals surface area (Å²) in [6.45, 7) is 2.11. The zero-order valence-corrected chi connectivity index (χ0v) is 12.5. The molecule has 0 saturated heterocycles. The monoisotopic (exact) mass is 307 g/mol. The Morgan fingerprint density at radius 3 is 3.09 bits per heavy atom. The van der Waals surface area contributed by atoms with Crippen molar-refractivity contribution in [1.29, 1.82) is 0 Å². The quantitative estimate of drug-likeness (QED) is 0.605. The fourth-order valence-corrected chi connectivity index (χ4v) is 2.89. The van der Waals surface area contributed by atoms with E-state index in [9.17, 15) is 15.0 Å². The molecule has 0 bridgehead atoms. The average molecular weight is 307 g/mol. The molecule has 3 rings (SSSR count). The molecule has 2 aromatic heterocycles. The van der Waals surface area contributed by atoms with Crippen molar-refractivity contribution in [1.82, 2.24) is 19.5 Å². The highest BCUT2D eigenvalue weighted by atomic mass is 16.3. The lowest BCUT2D eigenvalue weighted by Gasteiger charge is -2.33. The van der Waals surface area contributed by atoms with Crippen molar-refractivity contribution in [2.45, 2.75) is 57.4 Å². The molecule has 3 heterocycles. The molecule has 8 heteroatoms. The average Bonchev–Trinajstić information content (AvgIpc) is 2.95. The van der Waals surface area contributed by atoms with Crippen LogP contribution in [-0.4, -0.2) is 41.9 Å². The largest absolute Gasteiger partial charge is 0.391 e. The molecule has 0 aromatic carbocycles. The molecule has 8 nitrogen and oxygen atoms in total. The molecule has 3 atom stereocenters. The normalized spacial score (nSPS) is 22.3. The summed E-state index contributed by atoms with van der Waals surface area (Å²) >= 11 is 0. The van der Waals surface area contributed by atoms with Gasteiger partial charge in [0.1, 0.15) is 6.23 Å². The lowest BCUT2D eigenvalue weighted by Crippen LogP contribution is -2.44. The van der Waals surface area contributed by atoms with Gasteiger partial charge in [-0.05, 0) is 6.42 Å². The smallest absolute Gasteiger partial charge is 0.283 e. The van der Waals surface area contributed by atoms with Crippen LogP contribution in [0.25, 0.3) is 11.2 Å². The Kier molecular flexibility index (Phi) is 4.12. The van der Waals surface area contributed by atoms with Gasteiger partial charge in [-0.2, -0.15) is 4.98 Å². The predicted octanol–water partition coefficient (Wildman–Crippen LogP) is 0.736. The van der Waals surface area contributed by atoms with E-state index in [1.54, 1.807) is 0 Å². The van der Waals surface area contributed by atoms with Gasteiger partial charge in [-0.1, -0.05) is 26.2 Å². The molecule has 0 saturated carbocycles. The number of unbranched alkanes of at least 4 members (excludes halogenated alkanes) is 2. The first-order chi connectivity index (χ1) is 10.6. The van der Waals surface area contributed by atoms with Crippen molar-refractivity contribution in [3.63, 3.8) is 0 Å². The van der Waals surface area contributed by atoms with E-state index < -0.39 is 12.3 Å². The van der Waals surface area contributed by atoms with Crippen molar-refractivity contribution in [3.05, 3.63) is 16.7 Å². The van der Waals surface area contributed by atoms with Crippen LogP contribution in [0.5, 0.6) is 0 Å². The molecule has 0 unspecified atom stereocenters. The van der Waals surface area contributed by atoms with E-state index in [-0.39, 0.29) is 29.5 Å². The summed E-state index contributed by atoms with van der Waals surface area (Å²) in [6.07, 6.45) is 3.82. The van der Waals surface area contributed by atoms with Gasteiger partial charge in [-0.25, -0.2) is 9.55 Å². The highest BCUT2D eigenvalue weighted by Gasteiger charge is 2.31. The summed E-state index contributed by atoms with van der Waals surface area (Å²) < 4.78 is 1.20. The lowest BCUT2D eigenvalue weighted by molar-refractivity contribution is 0.0450. The highest BCUT2D eigenvalue weighted by molar-refractivity contribution is 5.70. The van der Waals surface area contributed by atoms with Crippen molar-refractivity contribution in [3.8, 4) is 0 Å². The summed E-state index contributed by atoms with van der Waals surface area (Å²) in [7, 11) is 0. The Labute approximate surface area is 127 Å². The molecule has 0 amide bonds. The Balaban J connectivity index is 1.86. The summed E-state index contributed by atoms with van der Waals surface area (Å²) in [5.74, 6) is 0.253. The van der Waals surface area contributed by atoms with E-state index in [0.29, 0.717) is 12.1 Å². The Bertz CT molecular complexity index is 710. The van der Waals surface area contributed by atoms with Gasteiger partial charge in [0.2, 0.25) is 5.95 Å². The number of imidazole rings is 1. The molecule has 120 valence electrons. The number of H-pyrrole nitrogens is 1. The summed E-state index contributed by atoms with van der Waals surface area (Å²) in [4.78, 5) is 23.3. The molecule has 22 heavy (non-hydrogen) atoms. The van der Waals surface area contributed by atoms with Crippen molar-refractivity contribution < 1.29 is 10.2 Å². The number of rotatable bonds is 5. The first kappa shape index (κ1) is 15.0. The molecular weight excluding hydrogens is 286 g/mol. The van der Waals surface area contributed by atoms with Gasteiger partial charge in [0, 0.05) is 6.42 Å². The Morgan fingerprint density at radius 1 is 1.50 bits per heavy atom. The van der Waals surface area contributed by atoms with Crippen LogP contribution in [0.1, 0.15) is 45.3 Å². The molecular formula is C14H21N5O3. The topological polar surface area (TPSA) is 116 Å². The van der Waals surface area contributed by atoms with Crippen LogP contribution in [0.2, 0.25) is 0 Å². The molecule has 4 N–H and O–H groups in total. The van der Waals surface area contributed by atoms with E-state index in [2.05, 4.69) is 27.2 Å². The summed E-state index contributed by atoms with van der Waals surface area (Å²) in [5.41, 5.74) is 0.208. The van der Waals surface area contributed by atoms with Gasteiger partial charge in [0.05, 0.1) is 18.5 Å². The maximum atomic E-state index is 12.3. The number of hydrogen-bond acceptors (Lipinski definition) is 6. The van der Waals surface area contributed by atoms with Crippen LogP contribution in [0.3, 0.4) is 0 Å². The van der Waals surface area contributed by atoms with Crippen LogP contribution in [0, 0.1) is 0 Å². The maximum absolute atomic E-state index is 12.3. The molecule has 1 aliphatic rings. The fraction of sp³-hybridized carbons (Fsp3) is 0.643. The van der Waals surface area contributed by atoms with Gasteiger partial charge in [-0.3, -0.25) is 4.79 Å². The molecule has 2 aromatic rings. The van der Waals surface area contributed by atoms with Crippen LogP contribution in [0.4, 0.5) is 5.95 Å². The number of aliphatic hydroxyl groups is 2. The predicted molar refractivity (Wildman–Crippen MR) is 81.6 cm³/mol. The molecule has 0 fully saturated rings. The van der Waals surface area contributed by atoms with Gasteiger partial charge >= 0.3 is 0 Å². The van der Waals surface area contributed by atoms with Crippen LogP contribution < -0.4 is 10.9 Å². The number of hydrogen-bond donors (Lipinski definition) is 4. The summed E-state index contributed by atoms with van der Waals surface area (Å²) in [5, 5.41) is 23.6. The minimum Gasteiger partial charge on any atom is -0.391 e. The maximum Gasteiger partial charge on any atom is 0.283 e. The minimum absolute atomic E-state index is 0.253. The van der Waals surface area contributed by atoms with E-state index >= 15 is 0 Å². The second kappa shape index (κ2) is 6.05. The van der Waals surface area contributed by atoms with Crippen molar-refractivity contribution in [2.75, 3.05) is 5.32 Å². The van der Waals surface area contributed by atoms with E-state index in [1.165, 1.54) is 10.9 Å². The number of aliphatic hydroxyl groups excluding tert-OH is 2. The van der Waals surface area contributed by atoms with Crippen LogP contribution in [0.15, 0.2) is 11.1 Å². The Hall–Kier alpha value is -1.93. The molecule has 0 spiro atoms. The number of nitrogens with one attached hydrogen (secondary N) is 2.